The molecule has 33 heavy (non-hydrogen) atoms. The molecule has 2 heterocycles. The molecule has 0 amide bonds. The van der Waals surface area contributed by atoms with Crippen molar-refractivity contribution in [2.75, 3.05) is 6.61 Å². The molecule has 0 fully saturated rings. The number of rotatable bonds is 5. The summed E-state index contributed by atoms with van der Waals surface area (Å²) >= 11 is 0. The Morgan fingerprint density at radius 1 is 1.03 bits per heavy atom. The van der Waals surface area contributed by atoms with Gasteiger partial charge < -0.3 is 9.15 Å². The van der Waals surface area contributed by atoms with Gasteiger partial charge in [-0.3, -0.25) is 9.36 Å². The number of carbonyl (C=O) groups is 1. The molecule has 0 aliphatic carbocycles. The first-order valence-corrected chi connectivity index (χ1v) is 9.61. The van der Waals surface area contributed by atoms with E-state index < -0.39 is 46.4 Å². The molecule has 6 nitrogen and oxygen atoms in total. The molecule has 0 aliphatic heterocycles. The van der Waals surface area contributed by atoms with Crippen LogP contribution < -0.4 is 5.56 Å². The maximum Gasteiger partial charge on any atom is 0.394 e. The zero-order chi connectivity index (χ0) is 23.7. The van der Waals surface area contributed by atoms with Crippen molar-refractivity contribution < 1.29 is 31.5 Å². The second kappa shape index (κ2) is 8.73. The minimum atomic E-state index is -0.996. The predicted molar refractivity (Wildman–Crippen MR) is 109 cm³/mol. The quantitative estimate of drug-likeness (QED) is 0.314. The number of carbonyl (C=O) groups excluding carboxylic acids is 1. The van der Waals surface area contributed by atoms with Gasteiger partial charge in [0.15, 0.2) is 5.76 Å². The van der Waals surface area contributed by atoms with Crippen LogP contribution in [0, 0.1) is 23.3 Å². The Labute approximate surface area is 183 Å². The van der Waals surface area contributed by atoms with Crippen LogP contribution in [0.4, 0.5) is 17.6 Å². The van der Waals surface area contributed by atoms with Gasteiger partial charge in [-0.25, -0.2) is 27.3 Å². The molecule has 0 saturated heterocycles. The van der Waals surface area contributed by atoms with Crippen LogP contribution in [-0.2, 0) is 4.74 Å². The highest BCUT2D eigenvalue weighted by Gasteiger charge is 2.25. The van der Waals surface area contributed by atoms with Gasteiger partial charge >= 0.3 is 11.9 Å². The number of oxazole rings is 1. The van der Waals surface area contributed by atoms with E-state index >= 15 is 0 Å². The second-order valence-electron chi connectivity index (χ2n) is 6.74. The van der Waals surface area contributed by atoms with Crippen molar-refractivity contribution in [3.8, 4) is 28.3 Å². The minimum Gasteiger partial charge on any atom is -0.459 e. The Balaban J connectivity index is 1.95. The lowest BCUT2D eigenvalue weighted by molar-refractivity contribution is 0.0482. The predicted octanol–water partition coefficient (Wildman–Crippen LogP) is 4.89. The van der Waals surface area contributed by atoms with E-state index in [4.69, 9.17) is 9.15 Å². The van der Waals surface area contributed by atoms with E-state index in [1.165, 1.54) is 6.07 Å². The summed E-state index contributed by atoms with van der Waals surface area (Å²) in [5.74, 6) is -5.49. The van der Waals surface area contributed by atoms with E-state index in [2.05, 4.69) is 4.98 Å². The highest BCUT2D eigenvalue weighted by Crippen LogP contribution is 2.34. The van der Waals surface area contributed by atoms with Crippen molar-refractivity contribution in [3.05, 3.63) is 94.2 Å². The fourth-order valence-electron chi connectivity index (χ4n) is 3.18. The van der Waals surface area contributed by atoms with Crippen LogP contribution in [0.25, 0.3) is 28.3 Å². The summed E-state index contributed by atoms with van der Waals surface area (Å²) in [6.07, 6.45) is 1.06. The summed E-state index contributed by atoms with van der Waals surface area (Å²) in [5, 5.41) is 0. The number of pyridine rings is 1. The number of aromatic nitrogens is 2. The average molecular weight is 458 g/mol. The van der Waals surface area contributed by atoms with E-state index in [9.17, 15) is 27.2 Å². The number of halogens is 4. The van der Waals surface area contributed by atoms with Gasteiger partial charge in [0.2, 0.25) is 0 Å². The first-order chi connectivity index (χ1) is 15.8. The van der Waals surface area contributed by atoms with Crippen molar-refractivity contribution in [2.24, 2.45) is 0 Å². The second-order valence-corrected chi connectivity index (χ2v) is 6.74. The number of benzene rings is 2. The van der Waals surface area contributed by atoms with E-state index in [1.54, 1.807) is 6.92 Å². The maximum absolute atomic E-state index is 14.5. The molecule has 2 aromatic heterocycles. The van der Waals surface area contributed by atoms with Gasteiger partial charge in [0.25, 0.3) is 5.56 Å². The van der Waals surface area contributed by atoms with E-state index in [0.29, 0.717) is 10.6 Å². The smallest absolute Gasteiger partial charge is 0.394 e. The van der Waals surface area contributed by atoms with E-state index in [0.717, 1.165) is 42.6 Å². The monoisotopic (exact) mass is 458 g/mol. The largest absolute Gasteiger partial charge is 0.459 e. The highest BCUT2D eigenvalue weighted by atomic mass is 19.1. The Morgan fingerprint density at radius 2 is 1.76 bits per heavy atom. The lowest BCUT2D eigenvalue weighted by Crippen LogP contribution is -2.19. The molecular formula is C23H14F4N2O4. The number of ether oxygens (including phenoxy) is 1. The first-order valence-electron chi connectivity index (χ1n) is 9.61. The molecule has 10 heteroatoms. The third-order valence-corrected chi connectivity index (χ3v) is 4.62. The molecule has 0 aliphatic rings. The molecule has 0 N–H and O–H groups in total. The molecule has 2 aromatic carbocycles. The fraction of sp³-hybridized carbons (Fsp3) is 0.0870. The van der Waals surface area contributed by atoms with Gasteiger partial charge in [-0.05, 0) is 37.3 Å². The molecule has 4 aromatic rings. The van der Waals surface area contributed by atoms with Crippen LogP contribution in [0.5, 0.6) is 0 Å². The van der Waals surface area contributed by atoms with E-state index in [1.807, 2.05) is 0 Å². The third-order valence-electron chi connectivity index (χ3n) is 4.62. The maximum atomic E-state index is 14.5. The average Bonchev–Trinajstić information content (AvgIpc) is 3.20. The summed E-state index contributed by atoms with van der Waals surface area (Å²) in [7, 11) is 0. The summed E-state index contributed by atoms with van der Waals surface area (Å²) in [6.45, 7) is 1.56. The SMILES string of the molecule is CCOC(=O)c1nc(-c2ccc(F)cc2F)c(-c2ccc(=O)n(-c3c(F)cccc3F)c2)o1. The number of hydrogen-bond acceptors (Lipinski definition) is 5. The highest BCUT2D eigenvalue weighted by molar-refractivity contribution is 5.88. The molecule has 0 spiro atoms. The molecule has 168 valence electrons. The molecule has 0 radical (unpaired) electrons. The number of nitrogens with zero attached hydrogens (tertiary/aromatic N) is 2. The van der Waals surface area contributed by atoms with Gasteiger partial charge in [-0.2, -0.15) is 0 Å². The number of esters is 1. The first kappa shape index (κ1) is 22.0. The van der Waals surface area contributed by atoms with Gasteiger partial charge in [0.05, 0.1) is 6.61 Å². The topological polar surface area (TPSA) is 74.3 Å². The Kier molecular flexibility index (Phi) is 5.82. The minimum absolute atomic E-state index is 0.00816. The Morgan fingerprint density at radius 3 is 2.42 bits per heavy atom. The lowest BCUT2D eigenvalue weighted by Gasteiger charge is -2.10. The van der Waals surface area contributed by atoms with Crippen molar-refractivity contribution >= 4 is 5.97 Å². The van der Waals surface area contributed by atoms with Crippen molar-refractivity contribution in [3.63, 3.8) is 0 Å². The van der Waals surface area contributed by atoms with Crippen molar-refractivity contribution in [1.82, 2.24) is 9.55 Å². The molecule has 0 unspecified atom stereocenters. The van der Waals surface area contributed by atoms with Crippen LogP contribution in [0.15, 0.2) is 63.9 Å². The van der Waals surface area contributed by atoms with Gasteiger partial charge in [-0.15, -0.1) is 0 Å². The molecule has 0 atom stereocenters. The van der Waals surface area contributed by atoms with Crippen LogP contribution in [0.1, 0.15) is 17.6 Å². The van der Waals surface area contributed by atoms with Crippen molar-refractivity contribution in [2.45, 2.75) is 6.92 Å². The van der Waals surface area contributed by atoms with Gasteiger partial charge in [-0.1, -0.05) is 6.07 Å². The zero-order valence-corrected chi connectivity index (χ0v) is 16.9. The third kappa shape index (κ3) is 4.14. The molecule has 4 rings (SSSR count). The molecule has 0 saturated carbocycles. The van der Waals surface area contributed by atoms with Crippen molar-refractivity contribution in [1.29, 1.82) is 0 Å². The summed E-state index contributed by atoms with van der Waals surface area (Å²) in [5.41, 5.74) is -1.76. The number of hydrogen-bond donors (Lipinski definition) is 0. The lowest BCUT2D eigenvalue weighted by atomic mass is 10.1. The molecule has 0 bridgehead atoms. The summed E-state index contributed by atoms with van der Waals surface area (Å²) in [6, 6.07) is 8.04. The normalized spacial score (nSPS) is 10.9. The zero-order valence-electron chi connectivity index (χ0n) is 16.9. The van der Waals surface area contributed by atoms with Crippen LogP contribution in [-0.4, -0.2) is 22.1 Å². The van der Waals surface area contributed by atoms with Crippen LogP contribution >= 0.6 is 0 Å². The number of para-hydroxylation sites is 1. The van der Waals surface area contributed by atoms with Crippen LogP contribution in [0.3, 0.4) is 0 Å². The van der Waals surface area contributed by atoms with Crippen LogP contribution in [0.2, 0.25) is 0 Å². The summed E-state index contributed by atoms with van der Waals surface area (Å²) < 4.78 is 67.6. The molecular weight excluding hydrogens is 444 g/mol. The van der Waals surface area contributed by atoms with Gasteiger partial charge in [0.1, 0.15) is 34.7 Å². The Hall–Kier alpha value is -4.21. The Bertz CT molecular complexity index is 1410. The summed E-state index contributed by atoms with van der Waals surface area (Å²) in [4.78, 5) is 28.5. The van der Waals surface area contributed by atoms with E-state index in [-0.39, 0.29) is 29.2 Å². The standard InChI is InChI=1S/C23H14F4N2O4/c1-2-32-23(31)22-28-19(14-8-7-13(24)10-17(14)27)21(33-22)12-6-9-18(30)29(11-12)20-15(25)4-3-5-16(20)26/h3-11H,2H2,1H3. The van der Waals surface area contributed by atoms with Gasteiger partial charge in [0, 0.05) is 29.5 Å². The fourth-order valence-corrected chi connectivity index (χ4v) is 3.18.